The van der Waals surface area contributed by atoms with Gasteiger partial charge in [0.25, 0.3) is 0 Å². The minimum Gasteiger partial charge on any atom is -0.494 e. The Bertz CT molecular complexity index is 422. The van der Waals surface area contributed by atoms with E-state index in [2.05, 4.69) is 5.32 Å². The molecule has 1 saturated heterocycles. The van der Waals surface area contributed by atoms with Crippen molar-refractivity contribution in [1.82, 2.24) is 5.32 Å². The molecule has 1 fully saturated rings. The predicted molar refractivity (Wildman–Crippen MR) is 56.4 cm³/mol. The number of rotatable bonds is 2. The molecule has 3 N–H and O–H groups in total. The van der Waals surface area contributed by atoms with Crippen molar-refractivity contribution in [2.75, 3.05) is 7.11 Å². The van der Waals surface area contributed by atoms with E-state index in [1.807, 2.05) is 0 Å². The number of hydrogen-bond acceptors (Lipinski definition) is 3. The van der Waals surface area contributed by atoms with Gasteiger partial charge < -0.3 is 15.8 Å². The fourth-order valence-electron chi connectivity index (χ4n) is 1.87. The largest absolute Gasteiger partial charge is 0.494 e. The molecule has 5 heteroatoms. The molecule has 0 spiro atoms. The Morgan fingerprint density at radius 1 is 1.56 bits per heavy atom. The molecule has 0 aliphatic carbocycles. The van der Waals surface area contributed by atoms with Gasteiger partial charge in [-0.05, 0) is 17.7 Å². The molecule has 1 amide bonds. The van der Waals surface area contributed by atoms with E-state index in [1.165, 1.54) is 13.2 Å². The Morgan fingerprint density at radius 2 is 2.31 bits per heavy atom. The molecule has 16 heavy (non-hydrogen) atoms. The summed E-state index contributed by atoms with van der Waals surface area (Å²) < 4.78 is 18.1. The minimum atomic E-state index is -0.427. The van der Waals surface area contributed by atoms with Crippen LogP contribution in [0, 0.1) is 5.82 Å². The first kappa shape index (κ1) is 10.9. The van der Waals surface area contributed by atoms with Gasteiger partial charge in [-0.2, -0.15) is 0 Å². The molecule has 0 bridgehead atoms. The van der Waals surface area contributed by atoms with E-state index >= 15 is 0 Å². The molecule has 86 valence electrons. The SMILES string of the molecule is COc1cc(C2NC(=O)C[C@@H]2N)ccc1F. The van der Waals surface area contributed by atoms with Crippen molar-refractivity contribution in [3.8, 4) is 5.75 Å². The van der Waals surface area contributed by atoms with Crippen molar-refractivity contribution in [2.45, 2.75) is 18.5 Å². The van der Waals surface area contributed by atoms with Gasteiger partial charge in [0.2, 0.25) is 5.91 Å². The van der Waals surface area contributed by atoms with E-state index in [4.69, 9.17) is 10.5 Å². The highest BCUT2D eigenvalue weighted by Gasteiger charge is 2.30. The van der Waals surface area contributed by atoms with Crippen LogP contribution in [0.3, 0.4) is 0 Å². The average molecular weight is 224 g/mol. The van der Waals surface area contributed by atoms with Gasteiger partial charge in [0.05, 0.1) is 13.2 Å². The lowest BCUT2D eigenvalue weighted by Crippen LogP contribution is -2.28. The topological polar surface area (TPSA) is 64.3 Å². The number of nitrogens with two attached hydrogens (primary N) is 1. The third-order valence-electron chi connectivity index (χ3n) is 2.70. The number of amides is 1. The van der Waals surface area contributed by atoms with Crippen molar-refractivity contribution < 1.29 is 13.9 Å². The number of halogens is 1. The molecule has 1 aliphatic heterocycles. The number of nitrogens with one attached hydrogen (secondary N) is 1. The average Bonchev–Trinajstić information content (AvgIpc) is 2.59. The zero-order valence-electron chi connectivity index (χ0n) is 8.87. The van der Waals surface area contributed by atoms with E-state index in [0.29, 0.717) is 6.42 Å². The van der Waals surface area contributed by atoms with Crippen molar-refractivity contribution in [3.05, 3.63) is 29.6 Å². The van der Waals surface area contributed by atoms with Gasteiger partial charge in [0, 0.05) is 12.5 Å². The van der Waals surface area contributed by atoms with Gasteiger partial charge in [-0.25, -0.2) is 4.39 Å². The van der Waals surface area contributed by atoms with Crippen LogP contribution >= 0.6 is 0 Å². The van der Waals surface area contributed by atoms with E-state index in [0.717, 1.165) is 5.56 Å². The van der Waals surface area contributed by atoms with Crippen LogP contribution in [0.25, 0.3) is 0 Å². The quantitative estimate of drug-likeness (QED) is 0.778. The number of methoxy groups -OCH3 is 1. The zero-order valence-corrected chi connectivity index (χ0v) is 8.87. The third-order valence-corrected chi connectivity index (χ3v) is 2.70. The highest BCUT2D eigenvalue weighted by atomic mass is 19.1. The van der Waals surface area contributed by atoms with Gasteiger partial charge in [-0.15, -0.1) is 0 Å². The van der Waals surface area contributed by atoms with Crippen LogP contribution in [-0.2, 0) is 4.79 Å². The fraction of sp³-hybridized carbons (Fsp3) is 0.364. The number of benzene rings is 1. The first-order valence-corrected chi connectivity index (χ1v) is 5.00. The molecule has 0 saturated carbocycles. The van der Waals surface area contributed by atoms with E-state index in [9.17, 15) is 9.18 Å². The van der Waals surface area contributed by atoms with Crippen molar-refractivity contribution in [3.63, 3.8) is 0 Å². The molecule has 0 radical (unpaired) electrons. The predicted octanol–water partition coefficient (Wildman–Crippen LogP) is 0.723. The Hall–Kier alpha value is -1.62. The maximum Gasteiger partial charge on any atom is 0.222 e. The number of carbonyl (C=O) groups is 1. The maximum absolute atomic E-state index is 13.2. The zero-order chi connectivity index (χ0) is 11.7. The van der Waals surface area contributed by atoms with Crippen LogP contribution < -0.4 is 15.8 Å². The summed E-state index contributed by atoms with van der Waals surface area (Å²) in [6.07, 6.45) is 0.296. The van der Waals surface area contributed by atoms with Crippen LogP contribution in [0.4, 0.5) is 4.39 Å². The molecular weight excluding hydrogens is 211 g/mol. The number of ether oxygens (including phenoxy) is 1. The summed E-state index contributed by atoms with van der Waals surface area (Å²) in [4.78, 5) is 11.2. The molecule has 2 atom stereocenters. The summed E-state index contributed by atoms with van der Waals surface area (Å²) in [5.41, 5.74) is 6.57. The van der Waals surface area contributed by atoms with Gasteiger partial charge in [-0.3, -0.25) is 4.79 Å². The second-order valence-corrected chi connectivity index (χ2v) is 3.81. The van der Waals surface area contributed by atoms with Crippen LogP contribution in [-0.4, -0.2) is 19.1 Å². The lowest BCUT2D eigenvalue weighted by atomic mass is 10.0. The molecule has 4 nitrogen and oxygen atoms in total. The molecule has 2 rings (SSSR count). The lowest BCUT2D eigenvalue weighted by molar-refractivity contribution is -0.119. The number of carbonyl (C=O) groups excluding carboxylic acids is 1. The molecule has 1 aromatic rings. The van der Waals surface area contributed by atoms with Crippen molar-refractivity contribution >= 4 is 5.91 Å². The van der Waals surface area contributed by atoms with Crippen molar-refractivity contribution in [1.29, 1.82) is 0 Å². The third kappa shape index (κ3) is 1.86. The van der Waals surface area contributed by atoms with Crippen molar-refractivity contribution in [2.24, 2.45) is 5.73 Å². The first-order chi connectivity index (χ1) is 7.61. The normalized spacial score (nSPS) is 24.3. The Balaban J connectivity index is 2.30. The Labute approximate surface area is 92.6 Å². The summed E-state index contributed by atoms with van der Waals surface area (Å²) in [5, 5.41) is 2.75. The van der Waals surface area contributed by atoms with Gasteiger partial charge in [-0.1, -0.05) is 6.07 Å². The monoisotopic (exact) mass is 224 g/mol. The molecule has 1 aliphatic rings. The van der Waals surface area contributed by atoms with E-state index in [1.54, 1.807) is 12.1 Å². The standard InChI is InChI=1S/C11H13FN2O2/c1-16-9-4-6(2-3-7(9)12)11-8(13)5-10(15)14-11/h2-4,8,11H,5,13H2,1H3,(H,14,15)/t8-,11?/m0/s1. The second kappa shape index (κ2) is 4.09. The highest BCUT2D eigenvalue weighted by molar-refractivity contribution is 5.80. The smallest absolute Gasteiger partial charge is 0.222 e. The maximum atomic E-state index is 13.2. The minimum absolute atomic E-state index is 0.0826. The summed E-state index contributed by atoms with van der Waals surface area (Å²) in [7, 11) is 1.40. The summed E-state index contributed by atoms with van der Waals surface area (Å²) >= 11 is 0. The second-order valence-electron chi connectivity index (χ2n) is 3.81. The van der Waals surface area contributed by atoms with Crippen LogP contribution in [0.5, 0.6) is 5.75 Å². The Morgan fingerprint density at radius 3 is 2.88 bits per heavy atom. The summed E-state index contributed by atoms with van der Waals surface area (Å²) in [6.45, 7) is 0. The van der Waals surface area contributed by atoms with E-state index in [-0.39, 0.29) is 23.7 Å². The Kier molecular flexibility index (Phi) is 2.78. The van der Waals surface area contributed by atoms with Crippen LogP contribution in [0.1, 0.15) is 18.0 Å². The van der Waals surface area contributed by atoms with Crippen LogP contribution in [0.15, 0.2) is 18.2 Å². The number of hydrogen-bond donors (Lipinski definition) is 2. The first-order valence-electron chi connectivity index (χ1n) is 5.00. The fourth-order valence-corrected chi connectivity index (χ4v) is 1.87. The highest BCUT2D eigenvalue weighted by Crippen LogP contribution is 2.27. The summed E-state index contributed by atoms with van der Waals surface area (Å²) in [6, 6.07) is 3.94. The molecule has 1 heterocycles. The van der Waals surface area contributed by atoms with Gasteiger partial charge in [0.1, 0.15) is 0 Å². The molecular formula is C11H13FN2O2. The lowest BCUT2D eigenvalue weighted by Gasteiger charge is -2.16. The van der Waals surface area contributed by atoms with Gasteiger partial charge >= 0.3 is 0 Å². The molecule has 1 aromatic carbocycles. The molecule has 1 unspecified atom stereocenters. The van der Waals surface area contributed by atoms with Crippen LogP contribution in [0.2, 0.25) is 0 Å². The summed E-state index contributed by atoms with van der Waals surface area (Å²) in [5.74, 6) is -0.351. The van der Waals surface area contributed by atoms with E-state index < -0.39 is 5.82 Å². The van der Waals surface area contributed by atoms with Gasteiger partial charge in [0.15, 0.2) is 11.6 Å². The molecule has 0 aromatic heterocycles.